The molecule has 1 aliphatic rings. The predicted octanol–water partition coefficient (Wildman–Crippen LogP) is 2.07. The van der Waals surface area contributed by atoms with E-state index in [0.29, 0.717) is 19.1 Å². The van der Waals surface area contributed by atoms with Gasteiger partial charge < -0.3 is 5.73 Å². The number of hydrogen-bond acceptors (Lipinski definition) is 3. The molecule has 0 spiro atoms. The molecule has 0 saturated heterocycles. The molecule has 2 rings (SSSR count). The third-order valence-electron chi connectivity index (χ3n) is 4.05. The minimum absolute atomic E-state index is 0.0395. The van der Waals surface area contributed by atoms with E-state index < -0.39 is 0 Å². The van der Waals surface area contributed by atoms with Crippen LogP contribution in [0.5, 0.6) is 0 Å². The van der Waals surface area contributed by atoms with Gasteiger partial charge >= 0.3 is 5.69 Å². The molecule has 19 heavy (non-hydrogen) atoms. The summed E-state index contributed by atoms with van der Waals surface area (Å²) in [5.41, 5.74) is 5.52. The smallest absolute Gasteiger partial charge is 0.330 e. The van der Waals surface area contributed by atoms with E-state index in [9.17, 15) is 4.79 Å². The van der Waals surface area contributed by atoms with Crippen LogP contribution in [0.4, 0.5) is 0 Å². The molecule has 0 aromatic carbocycles. The molecule has 1 fully saturated rings. The zero-order valence-corrected chi connectivity index (χ0v) is 11.8. The quantitative estimate of drug-likeness (QED) is 0.907. The van der Waals surface area contributed by atoms with E-state index in [-0.39, 0.29) is 5.69 Å². The van der Waals surface area contributed by atoms with Crippen LogP contribution in [-0.4, -0.2) is 20.9 Å². The molecule has 1 aromatic rings. The van der Waals surface area contributed by atoms with Gasteiger partial charge in [-0.25, -0.2) is 9.48 Å². The topological polar surface area (TPSA) is 65.8 Å². The first-order valence-electron chi connectivity index (χ1n) is 7.67. The van der Waals surface area contributed by atoms with Crippen LogP contribution in [0, 0.1) is 0 Å². The van der Waals surface area contributed by atoms with Crippen LogP contribution >= 0.6 is 0 Å². The Bertz CT molecular complexity index is 413. The van der Waals surface area contributed by atoms with Crippen molar-refractivity contribution in [3.8, 4) is 0 Å². The van der Waals surface area contributed by atoms with Crippen LogP contribution < -0.4 is 11.4 Å². The van der Waals surface area contributed by atoms with Crippen LogP contribution in [0.3, 0.4) is 0 Å². The molecule has 0 aliphatic heterocycles. The largest absolute Gasteiger partial charge is 0.345 e. The summed E-state index contributed by atoms with van der Waals surface area (Å²) in [6, 6.07) is 0.345. The zero-order valence-electron chi connectivity index (χ0n) is 11.8. The van der Waals surface area contributed by atoms with Crippen molar-refractivity contribution in [1.82, 2.24) is 14.3 Å². The Hall–Kier alpha value is -1.10. The summed E-state index contributed by atoms with van der Waals surface area (Å²) in [7, 11) is 0. The Morgan fingerprint density at radius 2 is 1.79 bits per heavy atom. The molecule has 1 aromatic heterocycles. The lowest BCUT2D eigenvalue weighted by Crippen LogP contribution is -2.28. The van der Waals surface area contributed by atoms with Crippen molar-refractivity contribution < 1.29 is 0 Å². The van der Waals surface area contributed by atoms with Gasteiger partial charge in [0.1, 0.15) is 6.33 Å². The zero-order chi connectivity index (χ0) is 13.5. The van der Waals surface area contributed by atoms with E-state index in [0.717, 1.165) is 19.3 Å². The van der Waals surface area contributed by atoms with Gasteiger partial charge in [-0.05, 0) is 25.8 Å². The average Bonchev–Trinajstić information content (AvgIpc) is 2.83. The molecule has 0 unspecified atom stereocenters. The highest BCUT2D eigenvalue weighted by atomic mass is 16.2. The van der Waals surface area contributed by atoms with Crippen LogP contribution in [0.15, 0.2) is 11.1 Å². The van der Waals surface area contributed by atoms with E-state index in [1.165, 1.54) is 38.5 Å². The van der Waals surface area contributed by atoms with Gasteiger partial charge in [0.15, 0.2) is 0 Å². The minimum Gasteiger partial charge on any atom is -0.330 e. The summed E-state index contributed by atoms with van der Waals surface area (Å²) in [6.07, 6.45) is 12.5. The molecule has 0 radical (unpaired) electrons. The maximum absolute atomic E-state index is 12.3. The van der Waals surface area contributed by atoms with Gasteiger partial charge in [0.25, 0.3) is 0 Å². The number of hydrogen-bond donors (Lipinski definition) is 1. The third-order valence-corrected chi connectivity index (χ3v) is 4.05. The maximum Gasteiger partial charge on any atom is 0.345 e. The summed E-state index contributed by atoms with van der Waals surface area (Å²) in [4.78, 5) is 12.3. The second kappa shape index (κ2) is 7.48. The Kier molecular flexibility index (Phi) is 5.63. The summed E-state index contributed by atoms with van der Waals surface area (Å²) in [5.74, 6) is 0. The van der Waals surface area contributed by atoms with Crippen molar-refractivity contribution in [2.75, 3.05) is 6.54 Å². The standard InChI is InChI=1S/C14H26N4O/c15-10-7-11-18-14(19)17(12-16-18)13-8-5-3-1-2-4-6-9-13/h12-13H,1-11,15H2. The number of aryl methyl sites for hydroxylation is 1. The number of nitrogens with zero attached hydrogens (tertiary/aromatic N) is 3. The molecule has 108 valence electrons. The van der Waals surface area contributed by atoms with Crippen molar-refractivity contribution in [3.63, 3.8) is 0 Å². The van der Waals surface area contributed by atoms with E-state index in [1.54, 1.807) is 11.0 Å². The Morgan fingerprint density at radius 3 is 2.42 bits per heavy atom. The van der Waals surface area contributed by atoms with E-state index in [1.807, 2.05) is 4.57 Å². The van der Waals surface area contributed by atoms with Gasteiger partial charge in [-0.3, -0.25) is 4.57 Å². The minimum atomic E-state index is 0.0395. The summed E-state index contributed by atoms with van der Waals surface area (Å²) in [6.45, 7) is 1.23. The number of nitrogens with two attached hydrogens (primary N) is 1. The first-order valence-corrected chi connectivity index (χ1v) is 7.67. The van der Waals surface area contributed by atoms with Gasteiger partial charge in [-0.1, -0.05) is 38.5 Å². The summed E-state index contributed by atoms with van der Waals surface area (Å²) < 4.78 is 3.40. The van der Waals surface area contributed by atoms with E-state index in [4.69, 9.17) is 5.73 Å². The summed E-state index contributed by atoms with van der Waals surface area (Å²) >= 11 is 0. The van der Waals surface area contributed by atoms with Gasteiger partial charge in [0, 0.05) is 12.6 Å². The molecular weight excluding hydrogens is 240 g/mol. The van der Waals surface area contributed by atoms with Gasteiger partial charge in [-0.15, -0.1) is 0 Å². The van der Waals surface area contributed by atoms with Gasteiger partial charge in [-0.2, -0.15) is 5.10 Å². The number of aromatic nitrogens is 3. The monoisotopic (exact) mass is 266 g/mol. The fraction of sp³-hybridized carbons (Fsp3) is 0.857. The predicted molar refractivity (Wildman–Crippen MR) is 76.1 cm³/mol. The second-order valence-corrected chi connectivity index (χ2v) is 5.54. The fourth-order valence-corrected chi connectivity index (χ4v) is 2.88. The van der Waals surface area contributed by atoms with Gasteiger partial charge in [0.05, 0.1) is 0 Å². The molecule has 5 heteroatoms. The van der Waals surface area contributed by atoms with Crippen molar-refractivity contribution in [2.45, 2.75) is 70.4 Å². The molecule has 1 aliphatic carbocycles. The average molecular weight is 266 g/mol. The third kappa shape index (κ3) is 3.93. The highest BCUT2D eigenvalue weighted by Gasteiger charge is 2.16. The van der Waals surface area contributed by atoms with Crippen molar-refractivity contribution >= 4 is 0 Å². The fourth-order valence-electron chi connectivity index (χ4n) is 2.88. The van der Waals surface area contributed by atoms with Crippen LogP contribution in [0.25, 0.3) is 0 Å². The lowest BCUT2D eigenvalue weighted by atomic mass is 10.1. The highest BCUT2D eigenvalue weighted by molar-refractivity contribution is 4.77. The molecule has 0 bridgehead atoms. The Balaban J connectivity index is 2.06. The molecule has 2 N–H and O–H groups in total. The second-order valence-electron chi connectivity index (χ2n) is 5.54. The Morgan fingerprint density at radius 1 is 1.16 bits per heavy atom. The lowest BCUT2D eigenvalue weighted by molar-refractivity contribution is 0.400. The molecule has 1 heterocycles. The van der Waals surface area contributed by atoms with Crippen molar-refractivity contribution in [3.05, 3.63) is 16.8 Å². The first-order chi connectivity index (χ1) is 9.33. The van der Waals surface area contributed by atoms with Gasteiger partial charge in [0.2, 0.25) is 0 Å². The summed E-state index contributed by atoms with van der Waals surface area (Å²) in [5, 5.41) is 4.22. The Labute approximate surface area is 114 Å². The van der Waals surface area contributed by atoms with E-state index in [2.05, 4.69) is 5.10 Å². The lowest BCUT2D eigenvalue weighted by Gasteiger charge is -2.15. The van der Waals surface area contributed by atoms with Crippen LogP contribution in [-0.2, 0) is 6.54 Å². The molecular formula is C14H26N4O. The van der Waals surface area contributed by atoms with Crippen LogP contribution in [0.2, 0.25) is 0 Å². The first kappa shape index (κ1) is 14.3. The van der Waals surface area contributed by atoms with Crippen molar-refractivity contribution in [2.24, 2.45) is 5.73 Å². The maximum atomic E-state index is 12.3. The SMILES string of the molecule is NCCCn1ncn(C2CCCCCCCC2)c1=O. The molecule has 0 atom stereocenters. The van der Waals surface area contributed by atoms with Crippen molar-refractivity contribution in [1.29, 1.82) is 0 Å². The number of rotatable bonds is 4. The molecule has 0 amide bonds. The molecule has 5 nitrogen and oxygen atoms in total. The molecule has 1 saturated carbocycles. The van der Waals surface area contributed by atoms with Crippen LogP contribution in [0.1, 0.15) is 63.8 Å². The highest BCUT2D eigenvalue weighted by Crippen LogP contribution is 2.24. The normalized spacial score (nSPS) is 18.8. The van der Waals surface area contributed by atoms with E-state index >= 15 is 0 Å².